The third-order valence-electron chi connectivity index (χ3n) is 5.03. The lowest BCUT2D eigenvalue weighted by Crippen LogP contribution is -2.25. The van der Waals surface area contributed by atoms with Crippen LogP contribution in [0.1, 0.15) is 24.3 Å². The Balaban J connectivity index is 1.32. The van der Waals surface area contributed by atoms with Gasteiger partial charge in [0.15, 0.2) is 17.1 Å². The number of pyridine rings is 1. The van der Waals surface area contributed by atoms with Crippen LogP contribution in [0.3, 0.4) is 0 Å². The average molecular weight is 438 g/mol. The normalized spacial score (nSPS) is 14.6. The van der Waals surface area contributed by atoms with Crippen molar-refractivity contribution in [2.45, 2.75) is 32.5 Å². The van der Waals surface area contributed by atoms with Gasteiger partial charge in [-0.2, -0.15) is 4.52 Å². The standard InChI is InChI=1S/C21H22N6O5/c1-13-9-17(26-32-13)20-24-23-19-10-18(28-2)21(25-27(19)20)30-12-14-3-4-16(11-22-14)31-15-5-7-29-8-6-15/h3-4,9-11,15H,5-8,12H2,1-2H3. The van der Waals surface area contributed by atoms with Gasteiger partial charge in [-0.3, -0.25) is 4.98 Å². The minimum Gasteiger partial charge on any atom is -0.491 e. The second-order valence-corrected chi connectivity index (χ2v) is 7.34. The second kappa shape index (κ2) is 8.79. The highest BCUT2D eigenvalue weighted by molar-refractivity contribution is 5.56. The van der Waals surface area contributed by atoms with Crippen molar-refractivity contribution in [2.75, 3.05) is 20.3 Å². The van der Waals surface area contributed by atoms with Crippen LogP contribution in [-0.4, -0.2) is 56.4 Å². The first-order chi connectivity index (χ1) is 15.7. The molecule has 1 aliphatic heterocycles. The summed E-state index contributed by atoms with van der Waals surface area (Å²) in [5.74, 6) is 2.56. The molecule has 0 saturated carbocycles. The third-order valence-corrected chi connectivity index (χ3v) is 5.03. The van der Waals surface area contributed by atoms with Crippen LogP contribution in [0.25, 0.3) is 17.2 Å². The number of hydrogen-bond donors (Lipinski definition) is 0. The Hall–Kier alpha value is -3.73. The molecule has 0 unspecified atom stereocenters. The fourth-order valence-corrected chi connectivity index (χ4v) is 3.37. The Bertz CT molecular complexity index is 1200. The van der Waals surface area contributed by atoms with Crippen molar-refractivity contribution in [3.63, 3.8) is 0 Å². The Kier molecular flexibility index (Phi) is 5.55. The Labute approximate surface area is 183 Å². The highest BCUT2D eigenvalue weighted by atomic mass is 16.5. The van der Waals surface area contributed by atoms with Gasteiger partial charge in [0.25, 0.3) is 5.88 Å². The molecule has 0 aliphatic carbocycles. The molecular formula is C21H22N6O5. The first-order valence-corrected chi connectivity index (χ1v) is 10.3. The zero-order valence-electron chi connectivity index (χ0n) is 17.7. The molecule has 0 amide bonds. The molecule has 5 heterocycles. The van der Waals surface area contributed by atoms with Crippen molar-refractivity contribution in [1.29, 1.82) is 0 Å². The first kappa shape index (κ1) is 20.2. The minimum absolute atomic E-state index is 0.166. The molecule has 1 aliphatic rings. The first-order valence-electron chi connectivity index (χ1n) is 10.3. The molecule has 0 bridgehead atoms. The van der Waals surface area contributed by atoms with Crippen LogP contribution in [0, 0.1) is 6.92 Å². The number of methoxy groups -OCH3 is 1. The van der Waals surface area contributed by atoms with Gasteiger partial charge in [-0.25, -0.2) is 0 Å². The van der Waals surface area contributed by atoms with Crippen LogP contribution >= 0.6 is 0 Å². The van der Waals surface area contributed by atoms with Crippen molar-refractivity contribution in [3.8, 4) is 28.9 Å². The smallest absolute Gasteiger partial charge is 0.275 e. The summed E-state index contributed by atoms with van der Waals surface area (Å²) in [4.78, 5) is 4.43. The number of aryl methyl sites for hydroxylation is 1. The SMILES string of the molecule is COc1cc2nnc(-c3cc(C)on3)n2nc1OCc1ccc(OC2CCOCC2)cn1. The van der Waals surface area contributed by atoms with E-state index in [1.165, 1.54) is 4.52 Å². The van der Waals surface area contributed by atoms with E-state index in [0.717, 1.165) is 37.5 Å². The van der Waals surface area contributed by atoms with Crippen molar-refractivity contribution in [3.05, 3.63) is 41.9 Å². The molecule has 0 spiro atoms. The predicted octanol–water partition coefficient (Wildman–Crippen LogP) is 2.63. The summed E-state index contributed by atoms with van der Waals surface area (Å²) in [6.07, 6.45) is 3.64. The van der Waals surface area contributed by atoms with Crippen molar-refractivity contribution in [2.24, 2.45) is 0 Å². The van der Waals surface area contributed by atoms with Gasteiger partial charge in [-0.1, -0.05) is 5.16 Å². The summed E-state index contributed by atoms with van der Waals surface area (Å²) in [7, 11) is 1.54. The lowest BCUT2D eigenvalue weighted by atomic mass is 10.1. The van der Waals surface area contributed by atoms with Gasteiger partial charge in [-0.15, -0.1) is 15.3 Å². The van der Waals surface area contributed by atoms with E-state index in [0.29, 0.717) is 28.7 Å². The van der Waals surface area contributed by atoms with Gasteiger partial charge >= 0.3 is 0 Å². The molecule has 0 aromatic carbocycles. The van der Waals surface area contributed by atoms with Gasteiger partial charge in [0.2, 0.25) is 5.82 Å². The van der Waals surface area contributed by atoms with E-state index in [1.807, 2.05) is 12.1 Å². The molecule has 0 radical (unpaired) electrons. The molecule has 11 nitrogen and oxygen atoms in total. The molecule has 4 aromatic heterocycles. The minimum atomic E-state index is 0.166. The number of ether oxygens (including phenoxy) is 4. The lowest BCUT2D eigenvalue weighted by molar-refractivity contribution is 0.0254. The van der Waals surface area contributed by atoms with E-state index in [9.17, 15) is 0 Å². The monoisotopic (exact) mass is 438 g/mol. The number of hydrogen-bond acceptors (Lipinski definition) is 10. The molecule has 1 fully saturated rings. The van der Waals surface area contributed by atoms with Crippen molar-refractivity contribution < 1.29 is 23.5 Å². The predicted molar refractivity (Wildman–Crippen MR) is 111 cm³/mol. The van der Waals surface area contributed by atoms with Gasteiger partial charge < -0.3 is 23.5 Å². The number of rotatable bonds is 7. The molecule has 11 heteroatoms. The Morgan fingerprint density at radius 2 is 2.03 bits per heavy atom. The largest absolute Gasteiger partial charge is 0.491 e. The molecule has 0 N–H and O–H groups in total. The van der Waals surface area contributed by atoms with Crippen LogP contribution in [0.5, 0.6) is 17.4 Å². The number of fused-ring (bicyclic) bond motifs is 1. The maximum absolute atomic E-state index is 5.96. The molecular weight excluding hydrogens is 416 g/mol. The number of aromatic nitrogens is 6. The topological polar surface area (TPSA) is 119 Å². The molecule has 1 saturated heterocycles. The summed E-state index contributed by atoms with van der Waals surface area (Å²) in [6.45, 7) is 3.46. The molecule has 166 valence electrons. The molecule has 5 rings (SSSR count). The van der Waals surface area contributed by atoms with Gasteiger partial charge in [-0.05, 0) is 19.1 Å². The zero-order chi connectivity index (χ0) is 21.9. The van der Waals surface area contributed by atoms with Crippen LogP contribution in [-0.2, 0) is 11.3 Å². The summed E-state index contributed by atoms with van der Waals surface area (Å²) < 4.78 is 29.3. The summed E-state index contributed by atoms with van der Waals surface area (Å²) >= 11 is 0. The molecule has 32 heavy (non-hydrogen) atoms. The quantitative estimate of drug-likeness (QED) is 0.426. The maximum Gasteiger partial charge on any atom is 0.275 e. The van der Waals surface area contributed by atoms with Gasteiger partial charge in [0.05, 0.1) is 32.2 Å². The van der Waals surface area contributed by atoms with Crippen molar-refractivity contribution >= 4 is 5.65 Å². The third kappa shape index (κ3) is 4.19. The molecule has 0 atom stereocenters. The summed E-state index contributed by atoms with van der Waals surface area (Å²) in [5.41, 5.74) is 1.75. The highest BCUT2D eigenvalue weighted by Gasteiger charge is 2.18. The highest BCUT2D eigenvalue weighted by Crippen LogP contribution is 2.28. The zero-order valence-corrected chi connectivity index (χ0v) is 17.7. The average Bonchev–Trinajstić information content (AvgIpc) is 3.44. The van der Waals surface area contributed by atoms with E-state index < -0.39 is 0 Å². The second-order valence-electron chi connectivity index (χ2n) is 7.34. The maximum atomic E-state index is 5.96. The number of nitrogens with zero attached hydrogens (tertiary/aromatic N) is 6. The van der Waals surface area contributed by atoms with Gasteiger partial charge in [0, 0.05) is 25.0 Å². The van der Waals surface area contributed by atoms with E-state index >= 15 is 0 Å². The van der Waals surface area contributed by atoms with E-state index in [1.54, 1.807) is 32.4 Å². The van der Waals surface area contributed by atoms with Crippen molar-refractivity contribution in [1.82, 2.24) is 30.0 Å². The van der Waals surface area contributed by atoms with Crippen LogP contribution < -0.4 is 14.2 Å². The van der Waals surface area contributed by atoms with E-state index in [4.69, 9.17) is 23.5 Å². The Morgan fingerprint density at radius 1 is 1.16 bits per heavy atom. The van der Waals surface area contributed by atoms with Crippen LogP contribution in [0.4, 0.5) is 0 Å². The fraction of sp³-hybridized carbons (Fsp3) is 0.381. The summed E-state index contributed by atoms with van der Waals surface area (Å²) in [6, 6.07) is 7.21. The van der Waals surface area contributed by atoms with Gasteiger partial charge in [0.1, 0.15) is 24.2 Å². The van der Waals surface area contributed by atoms with Crippen LogP contribution in [0.15, 0.2) is 35.0 Å². The molecule has 4 aromatic rings. The van der Waals surface area contributed by atoms with E-state index in [2.05, 4.69) is 25.4 Å². The van der Waals surface area contributed by atoms with Crippen LogP contribution in [0.2, 0.25) is 0 Å². The lowest BCUT2D eigenvalue weighted by Gasteiger charge is -2.23. The van der Waals surface area contributed by atoms with E-state index in [-0.39, 0.29) is 18.6 Å². The fourth-order valence-electron chi connectivity index (χ4n) is 3.37. The Morgan fingerprint density at radius 3 is 2.75 bits per heavy atom. The summed E-state index contributed by atoms with van der Waals surface area (Å²) in [5, 5.41) is 16.8.